The number of aliphatic imine (C=N–C) groups is 2. The zero-order valence-corrected chi connectivity index (χ0v) is 32.6. The number of aromatic hydroxyl groups is 1. The molecule has 0 radical (unpaired) electrons. The van der Waals surface area contributed by atoms with Gasteiger partial charge in [-0.05, 0) is 55.0 Å². The van der Waals surface area contributed by atoms with E-state index in [0.717, 1.165) is 32.6 Å². The molecule has 14 heteroatoms. The highest BCUT2D eigenvalue weighted by atomic mass is 32.2. The van der Waals surface area contributed by atoms with Gasteiger partial charge in [0.05, 0.1) is 44.1 Å². The van der Waals surface area contributed by atoms with Crippen LogP contribution in [0.5, 0.6) is 5.88 Å². The number of nitrogens with zero attached hydrogens (tertiary/aromatic N) is 3. The molecule has 5 aliphatic rings. The van der Waals surface area contributed by atoms with Gasteiger partial charge >= 0.3 is 0 Å². The molecule has 0 bridgehead atoms. The Morgan fingerprint density at radius 3 is 2.32 bits per heavy atom. The number of aromatic amines is 1. The molecular formula is C36H26N4O2S8. The summed E-state index contributed by atoms with van der Waals surface area (Å²) >= 11 is 14.4. The molecule has 10 heterocycles. The van der Waals surface area contributed by atoms with Crippen molar-refractivity contribution in [2.75, 3.05) is 12.3 Å². The molecule has 5 aliphatic heterocycles. The molecule has 0 aliphatic carbocycles. The third-order valence-electron chi connectivity index (χ3n) is 9.01. The standard InChI is InChI=1S/C36H26N4O2S8/c41-33-29-30(32(40-33)28-16-38-36(50-28)26-12-10-24(48-26)22-8-6-20(46-22)18-4-2-14-44-18)34(42)39-31(29)27-15-37-35(49-27)25-11-9-23(47-25)21-7-5-19(45-21)17-3-1-13-43-17/h1,3-7,9,11-13,15,22,24,28,39,42H,2,8,10,14,16H2. The van der Waals surface area contributed by atoms with E-state index in [-0.39, 0.29) is 17.0 Å². The normalized spacial score (nSPS) is 23.0. The van der Waals surface area contributed by atoms with Crippen LogP contribution < -0.4 is 0 Å². The number of carbonyl (C=O) groups is 1. The van der Waals surface area contributed by atoms with E-state index in [2.05, 4.69) is 70.0 Å². The maximum absolute atomic E-state index is 13.4. The minimum Gasteiger partial charge on any atom is -0.494 e. The molecule has 0 fully saturated rings. The fourth-order valence-electron chi connectivity index (χ4n) is 6.66. The Hall–Kier alpha value is -2.56. The van der Waals surface area contributed by atoms with E-state index < -0.39 is 0 Å². The van der Waals surface area contributed by atoms with Crippen LogP contribution in [0.1, 0.15) is 35.2 Å². The molecular weight excluding hydrogens is 777 g/mol. The van der Waals surface area contributed by atoms with E-state index in [1.54, 1.807) is 52.0 Å². The molecule has 6 nitrogen and oxygen atoms in total. The van der Waals surface area contributed by atoms with E-state index in [4.69, 9.17) is 9.98 Å². The van der Waals surface area contributed by atoms with Crippen molar-refractivity contribution in [3.05, 3.63) is 92.0 Å². The fraction of sp³-hybridized carbons (Fsp3) is 0.222. The molecule has 3 unspecified atom stereocenters. The second-order valence-electron chi connectivity index (χ2n) is 12.1. The van der Waals surface area contributed by atoms with Crippen LogP contribution in [0.2, 0.25) is 0 Å². The molecule has 1 amide bonds. The average Bonchev–Trinajstić information content (AvgIpc) is 3.99. The lowest BCUT2D eigenvalue weighted by atomic mass is 10.1. The van der Waals surface area contributed by atoms with Gasteiger partial charge in [-0.25, -0.2) is 9.98 Å². The van der Waals surface area contributed by atoms with Crippen molar-refractivity contribution >= 4 is 109 Å². The maximum atomic E-state index is 13.4. The zero-order valence-electron chi connectivity index (χ0n) is 26.1. The molecule has 250 valence electrons. The van der Waals surface area contributed by atoms with Crippen molar-refractivity contribution in [2.24, 2.45) is 9.98 Å². The summed E-state index contributed by atoms with van der Waals surface area (Å²) in [5.74, 6) is 0.861. The number of rotatable bonds is 8. The Morgan fingerprint density at radius 1 is 0.780 bits per heavy atom. The summed E-state index contributed by atoms with van der Waals surface area (Å²) in [6.45, 7) is 0.536. The maximum Gasteiger partial charge on any atom is 0.280 e. The lowest BCUT2D eigenvalue weighted by molar-refractivity contribution is 0.101. The van der Waals surface area contributed by atoms with Crippen LogP contribution in [0.25, 0.3) is 40.0 Å². The van der Waals surface area contributed by atoms with Gasteiger partial charge in [-0.1, -0.05) is 36.1 Å². The van der Waals surface area contributed by atoms with E-state index in [1.807, 2.05) is 35.3 Å². The summed E-state index contributed by atoms with van der Waals surface area (Å²) in [5, 5.41) is 16.2. The van der Waals surface area contributed by atoms with Crippen molar-refractivity contribution in [3.8, 4) is 45.8 Å². The number of allylic oxidation sites excluding steroid dienone is 3. The number of hydrogen-bond donors (Lipinski definition) is 2. The number of hydrogen-bond acceptors (Lipinski definition) is 12. The zero-order chi connectivity index (χ0) is 33.3. The van der Waals surface area contributed by atoms with Crippen molar-refractivity contribution in [3.63, 3.8) is 0 Å². The number of amides is 1. The first kappa shape index (κ1) is 32.1. The van der Waals surface area contributed by atoms with Gasteiger partial charge in [0.15, 0.2) is 5.88 Å². The summed E-state index contributed by atoms with van der Waals surface area (Å²) in [5.41, 5.74) is 2.13. The van der Waals surface area contributed by atoms with Gasteiger partial charge in [0.2, 0.25) is 0 Å². The Morgan fingerprint density at radius 2 is 1.54 bits per heavy atom. The van der Waals surface area contributed by atoms with E-state index in [1.165, 1.54) is 57.7 Å². The van der Waals surface area contributed by atoms with Gasteiger partial charge in [0, 0.05) is 56.7 Å². The van der Waals surface area contributed by atoms with E-state index in [9.17, 15) is 9.90 Å². The summed E-state index contributed by atoms with van der Waals surface area (Å²) in [7, 11) is 0. The molecule has 3 atom stereocenters. The first-order valence-corrected chi connectivity index (χ1v) is 23.1. The van der Waals surface area contributed by atoms with Crippen LogP contribution in [0.15, 0.2) is 90.9 Å². The Labute approximate surface area is 321 Å². The number of carbonyl (C=O) groups excluding carboxylic acids is 1. The quantitative estimate of drug-likeness (QED) is 0.161. The Balaban J connectivity index is 0.821. The van der Waals surface area contributed by atoms with Crippen molar-refractivity contribution < 1.29 is 9.90 Å². The predicted molar refractivity (Wildman–Crippen MR) is 221 cm³/mol. The SMILES string of the molecule is O=C1N=C(C2CN=C(C3=CCC(C4CC=C(C5=CCCS5)S4)S3)S2)c2c(O)[nH]c(-c3cnc(-c4ccc(-c5ccc(-c6cccs6)s5)s4)s3)c21. The summed E-state index contributed by atoms with van der Waals surface area (Å²) in [4.78, 5) is 41.7. The number of thiophene rings is 3. The van der Waals surface area contributed by atoms with Gasteiger partial charge in [0.25, 0.3) is 5.91 Å². The number of H-pyrrole nitrogens is 1. The van der Waals surface area contributed by atoms with Crippen molar-refractivity contribution in [1.29, 1.82) is 0 Å². The van der Waals surface area contributed by atoms with Crippen LogP contribution in [0.3, 0.4) is 0 Å². The predicted octanol–water partition coefficient (Wildman–Crippen LogP) is 11.3. The molecule has 5 aromatic rings. The highest BCUT2D eigenvalue weighted by Crippen LogP contribution is 2.51. The second-order valence-corrected chi connectivity index (χ2v) is 21.2. The van der Waals surface area contributed by atoms with Crippen LogP contribution in [0.4, 0.5) is 0 Å². The molecule has 0 saturated heterocycles. The lowest BCUT2D eigenvalue weighted by Gasteiger charge is -2.18. The molecule has 0 spiro atoms. The third-order valence-corrected chi connectivity index (χ3v) is 19.3. The van der Waals surface area contributed by atoms with Crippen LogP contribution >= 0.6 is 92.4 Å². The largest absolute Gasteiger partial charge is 0.494 e. The number of thioether (sulfide) groups is 4. The number of thiazole rings is 1. The van der Waals surface area contributed by atoms with E-state index >= 15 is 0 Å². The number of aromatic nitrogens is 2. The minimum absolute atomic E-state index is 0.0205. The summed E-state index contributed by atoms with van der Waals surface area (Å²) in [6.07, 6.45) is 12.3. The van der Waals surface area contributed by atoms with Gasteiger partial charge in [-0.3, -0.25) is 9.79 Å². The average molecular weight is 803 g/mol. The highest BCUT2D eigenvalue weighted by molar-refractivity contribution is 8.19. The molecule has 0 aromatic carbocycles. The van der Waals surface area contributed by atoms with E-state index in [0.29, 0.717) is 39.6 Å². The summed E-state index contributed by atoms with van der Waals surface area (Å²) < 4.78 is 0. The number of fused-ring (bicyclic) bond motifs is 1. The van der Waals surface area contributed by atoms with Crippen LogP contribution in [-0.4, -0.2) is 59.8 Å². The van der Waals surface area contributed by atoms with Gasteiger partial charge in [-0.2, -0.15) is 0 Å². The third kappa shape index (κ3) is 5.70. The van der Waals surface area contributed by atoms with Gasteiger partial charge in [0.1, 0.15) is 10.1 Å². The minimum atomic E-state index is -0.324. The highest BCUT2D eigenvalue weighted by Gasteiger charge is 2.40. The van der Waals surface area contributed by atoms with Crippen LogP contribution in [-0.2, 0) is 0 Å². The molecule has 5 aromatic heterocycles. The monoisotopic (exact) mass is 802 g/mol. The van der Waals surface area contributed by atoms with Gasteiger partial charge in [-0.15, -0.1) is 80.6 Å². The molecule has 10 rings (SSSR count). The fourth-order valence-corrected chi connectivity index (χ4v) is 15.8. The van der Waals surface area contributed by atoms with Crippen molar-refractivity contribution in [1.82, 2.24) is 9.97 Å². The molecule has 50 heavy (non-hydrogen) atoms. The van der Waals surface area contributed by atoms with Crippen LogP contribution in [0, 0.1) is 0 Å². The first-order valence-electron chi connectivity index (χ1n) is 16.1. The lowest BCUT2D eigenvalue weighted by Crippen LogP contribution is -2.18. The Kier molecular flexibility index (Phi) is 8.44. The first-order chi connectivity index (χ1) is 24.6. The topological polar surface area (TPSA) is 90.7 Å². The smallest absolute Gasteiger partial charge is 0.280 e. The number of nitrogens with one attached hydrogen (secondary N) is 1. The Bertz CT molecular complexity index is 2330. The second kappa shape index (κ2) is 13.1. The van der Waals surface area contributed by atoms with Crippen molar-refractivity contribution in [2.45, 2.75) is 35.0 Å². The molecule has 2 N–H and O–H groups in total. The molecule has 0 saturated carbocycles. The van der Waals surface area contributed by atoms with Gasteiger partial charge < -0.3 is 10.1 Å². The summed E-state index contributed by atoms with van der Waals surface area (Å²) in [6, 6.07) is 12.9.